The molecule has 1 aromatic carbocycles. The van der Waals surface area contributed by atoms with E-state index in [-0.39, 0.29) is 21.0 Å². The summed E-state index contributed by atoms with van der Waals surface area (Å²) in [5.41, 5.74) is -0.830. The quantitative estimate of drug-likeness (QED) is 0.788. The maximum Gasteiger partial charge on any atom is 0.416 e. The highest BCUT2D eigenvalue weighted by Crippen LogP contribution is 2.34. The van der Waals surface area contributed by atoms with E-state index in [1.807, 2.05) is 0 Å². The van der Waals surface area contributed by atoms with Crippen LogP contribution in [0.5, 0.6) is 10.9 Å². The van der Waals surface area contributed by atoms with Gasteiger partial charge in [-0.15, -0.1) is 0 Å². The third kappa shape index (κ3) is 3.24. The number of alkyl halides is 3. The molecule has 0 amide bonds. The fraction of sp³-hybridized carbons (Fsp3) is 0.0909. The van der Waals surface area contributed by atoms with Gasteiger partial charge < -0.3 is 4.74 Å². The zero-order chi connectivity index (χ0) is 14.0. The molecule has 8 heteroatoms. The van der Waals surface area contributed by atoms with Crippen molar-refractivity contribution < 1.29 is 22.7 Å². The number of carbonyl (C=O) groups excluding carboxylic acids is 1. The van der Waals surface area contributed by atoms with Crippen molar-refractivity contribution in [2.75, 3.05) is 0 Å². The van der Waals surface area contributed by atoms with Gasteiger partial charge in [0.05, 0.1) is 5.56 Å². The molecule has 1 heterocycles. The van der Waals surface area contributed by atoms with E-state index < -0.39 is 11.7 Å². The first-order valence-electron chi connectivity index (χ1n) is 4.87. The molecule has 0 unspecified atom stereocenters. The molecule has 1 aromatic heterocycles. The summed E-state index contributed by atoms with van der Waals surface area (Å²) >= 11 is 6.48. The molecule has 2 rings (SSSR count). The molecule has 0 bridgehead atoms. The Balaban J connectivity index is 2.25. The minimum Gasteiger partial charge on any atom is -0.431 e. The van der Waals surface area contributed by atoms with Crippen LogP contribution < -0.4 is 4.74 Å². The number of nitrogens with zero attached hydrogens (tertiary/aromatic N) is 1. The zero-order valence-electron chi connectivity index (χ0n) is 9.07. The Morgan fingerprint density at radius 1 is 1.37 bits per heavy atom. The van der Waals surface area contributed by atoms with E-state index in [1.54, 1.807) is 0 Å². The number of aromatic nitrogens is 1. The first kappa shape index (κ1) is 13.8. The fourth-order valence-corrected chi connectivity index (χ4v) is 2.18. The number of thiazole rings is 1. The summed E-state index contributed by atoms with van der Waals surface area (Å²) in [4.78, 5) is 14.4. The lowest BCUT2D eigenvalue weighted by Crippen LogP contribution is -2.04. The first-order valence-corrected chi connectivity index (χ1v) is 6.06. The molecule has 0 saturated carbocycles. The highest BCUT2D eigenvalue weighted by Gasteiger charge is 2.30. The van der Waals surface area contributed by atoms with Crippen LogP contribution in [0.25, 0.3) is 0 Å². The van der Waals surface area contributed by atoms with Gasteiger partial charge in [0.15, 0.2) is 11.4 Å². The largest absolute Gasteiger partial charge is 0.431 e. The average Bonchev–Trinajstić information content (AvgIpc) is 2.68. The van der Waals surface area contributed by atoms with Crippen LogP contribution in [-0.4, -0.2) is 11.3 Å². The topological polar surface area (TPSA) is 39.2 Å². The van der Waals surface area contributed by atoms with Gasteiger partial charge in [-0.1, -0.05) is 29.0 Å². The Bertz CT molecular complexity index is 612. The first-order chi connectivity index (χ1) is 8.90. The molecule has 0 aliphatic carbocycles. The maximum absolute atomic E-state index is 12.5. The Hall–Kier alpha value is -1.60. The van der Waals surface area contributed by atoms with Crippen molar-refractivity contribution >= 4 is 29.2 Å². The number of halogens is 4. The Kier molecular flexibility index (Phi) is 3.77. The number of rotatable bonds is 3. The molecule has 2 aromatic rings. The summed E-state index contributed by atoms with van der Waals surface area (Å²) < 4.78 is 42.6. The molecule has 100 valence electrons. The monoisotopic (exact) mass is 307 g/mol. The fourth-order valence-electron chi connectivity index (χ4n) is 1.25. The van der Waals surface area contributed by atoms with Gasteiger partial charge in [0, 0.05) is 0 Å². The van der Waals surface area contributed by atoms with E-state index in [4.69, 9.17) is 16.3 Å². The Morgan fingerprint density at radius 2 is 2.11 bits per heavy atom. The summed E-state index contributed by atoms with van der Waals surface area (Å²) in [7, 11) is 0. The molecule has 3 nitrogen and oxygen atoms in total. The summed E-state index contributed by atoms with van der Waals surface area (Å²) in [5, 5.41) is -0.0339. The zero-order valence-corrected chi connectivity index (χ0v) is 10.6. The minimum absolute atomic E-state index is 0.00595. The predicted molar refractivity (Wildman–Crippen MR) is 64.0 cm³/mol. The third-order valence-electron chi connectivity index (χ3n) is 2.06. The van der Waals surface area contributed by atoms with Crippen LogP contribution in [0.2, 0.25) is 5.15 Å². The Morgan fingerprint density at radius 3 is 2.68 bits per heavy atom. The van der Waals surface area contributed by atoms with Gasteiger partial charge in [-0.2, -0.15) is 18.2 Å². The standard InChI is InChI=1S/C11H5ClF3NO2S/c12-9-8(5-17)19-10(16-9)18-7-3-1-2-6(4-7)11(13,14)15/h1-5H. The number of hydrogen-bond acceptors (Lipinski definition) is 4. The lowest BCUT2D eigenvalue weighted by atomic mass is 10.2. The van der Waals surface area contributed by atoms with Gasteiger partial charge in [-0.25, -0.2) is 0 Å². The summed E-state index contributed by atoms with van der Waals surface area (Å²) in [6, 6.07) is 4.34. The van der Waals surface area contributed by atoms with E-state index >= 15 is 0 Å². The van der Waals surface area contributed by atoms with Crippen molar-refractivity contribution in [2.45, 2.75) is 6.18 Å². The molecule has 0 aliphatic rings. The third-order valence-corrected chi connectivity index (χ3v) is 3.32. The Labute approximate surface area is 114 Å². The number of carbonyl (C=O) groups is 1. The number of benzene rings is 1. The molecule has 0 aliphatic heterocycles. The molecule has 0 saturated heterocycles. The van der Waals surface area contributed by atoms with E-state index in [0.717, 1.165) is 23.5 Å². The molecule has 0 spiro atoms. The molecule has 19 heavy (non-hydrogen) atoms. The lowest BCUT2D eigenvalue weighted by molar-refractivity contribution is -0.137. The van der Waals surface area contributed by atoms with Crippen molar-refractivity contribution in [2.24, 2.45) is 0 Å². The minimum atomic E-state index is -4.45. The van der Waals surface area contributed by atoms with Crippen molar-refractivity contribution in [3.05, 3.63) is 39.9 Å². The smallest absolute Gasteiger partial charge is 0.416 e. The molecule has 0 radical (unpaired) electrons. The second kappa shape index (κ2) is 5.18. The van der Waals surface area contributed by atoms with Crippen molar-refractivity contribution in [1.82, 2.24) is 4.98 Å². The molecule has 0 atom stereocenters. The average molecular weight is 308 g/mol. The highest BCUT2D eigenvalue weighted by molar-refractivity contribution is 7.15. The van der Waals surface area contributed by atoms with Gasteiger partial charge in [-0.3, -0.25) is 4.79 Å². The molecular weight excluding hydrogens is 303 g/mol. The summed E-state index contributed by atoms with van der Waals surface area (Å²) in [6.07, 6.45) is -3.95. The van der Waals surface area contributed by atoms with E-state index in [9.17, 15) is 18.0 Å². The van der Waals surface area contributed by atoms with Gasteiger partial charge in [0.2, 0.25) is 0 Å². The van der Waals surface area contributed by atoms with E-state index in [1.165, 1.54) is 12.1 Å². The summed E-state index contributed by atoms with van der Waals surface area (Å²) in [6.45, 7) is 0. The van der Waals surface area contributed by atoms with E-state index in [2.05, 4.69) is 4.98 Å². The normalized spacial score (nSPS) is 11.4. The number of hydrogen-bond donors (Lipinski definition) is 0. The van der Waals surface area contributed by atoms with Crippen LogP contribution in [0.15, 0.2) is 24.3 Å². The number of ether oxygens (including phenoxy) is 1. The molecule has 0 N–H and O–H groups in total. The summed E-state index contributed by atoms with van der Waals surface area (Å²) in [5.74, 6) is -0.0299. The van der Waals surface area contributed by atoms with Crippen LogP contribution in [0, 0.1) is 0 Å². The van der Waals surface area contributed by atoms with Gasteiger partial charge in [0.25, 0.3) is 5.19 Å². The van der Waals surface area contributed by atoms with Gasteiger partial charge in [-0.05, 0) is 18.2 Å². The van der Waals surface area contributed by atoms with Crippen LogP contribution in [0.1, 0.15) is 15.2 Å². The second-order valence-electron chi connectivity index (χ2n) is 3.38. The number of aldehydes is 1. The van der Waals surface area contributed by atoms with Crippen molar-refractivity contribution in [3.8, 4) is 10.9 Å². The predicted octanol–water partition coefficient (Wildman–Crippen LogP) is 4.42. The maximum atomic E-state index is 12.5. The molecule has 0 fully saturated rings. The van der Waals surface area contributed by atoms with E-state index in [0.29, 0.717) is 6.29 Å². The van der Waals surface area contributed by atoms with Crippen molar-refractivity contribution in [1.29, 1.82) is 0 Å². The lowest BCUT2D eigenvalue weighted by Gasteiger charge is -2.08. The van der Waals surface area contributed by atoms with Crippen LogP contribution >= 0.6 is 22.9 Å². The van der Waals surface area contributed by atoms with Crippen molar-refractivity contribution in [3.63, 3.8) is 0 Å². The SMILES string of the molecule is O=Cc1sc(Oc2cccc(C(F)(F)F)c2)nc1Cl. The van der Waals surface area contributed by atoms with Gasteiger partial charge in [0.1, 0.15) is 10.6 Å². The molecular formula is C11H5ClF3NO2S. The van der Waals surface area contributed by atoms with Crippen LogP contribution in [-0.2, 0) is 6.18 Å². The second-order valence-corrected chi connectivity index (χ2v) is 4.73. The van der Waals surface area contributed by atoms with Crippen LogP contribution in [0.3, 0.4) is 0 Å². The highest BCUT2D eigenvalue weighted by atomic mass is 35.5. The van der Waals surface area contributed by atoms with Gasteiger partial charge >= 0.3 is 6.18 Å². The van der Waals surface area contributed by atoms with Crippen LogP contribution in [0.4, 0.5) is 13.2 Å².